The molecule has 2 rings (SSSR count). The number of esters is 1. The van der Waals surface area contributed by atoms with E-state index in [1.54, 1.807) is 13.8 Å². The fourth-order valence-electron chi connectivity index (χ4n) is 2.14. The average Bonchev–Trinajstić information content (AvgIpc) is 2.56. The van der Waals surface area contributed by atoms with E-state index in [0.717, 1.165) is 0 Å². The first-order valence-electron chi connectivity index (χ1n) is 7.85. The van der Waals surface area contributed by atoms with Gasteiger partial charge in [0.2, 0.25) is 11.9 Å². The summed E-state index contributed by atoms with van der Waals surface area (Å²) in [6.07, 6.45) is 0. The number of nitrogens with two attached hydrogens (primary N) is 2. The van der Waals surface area contributed by atoms with Crippen molar-refractivity contribution in [1.29, 1.82) is 0 Å². The van der Waals surface area contributed by atoms with Crippen molar-refractivity contribution in [3.63, 3.8) is 0 Å². The number of nitrogens with one attached hydrogen (secondary N) is 1. The molecule has 0 aliphatic carbocycles. The Bertz CT molecular complexity index is 842. The van der Waals surface area contributed by atoms with Crippen molar-refractivity contribution in [3.05, 3.63) is 39.6 Å². The summed E-state index contributed by atoms with van der Waals surface area (Å²) in [6, 6.07) is 3.52. The molecule has 9 nitrogen and oxygen atoms in total. The summed E-state index contributed by atoms with van der Waals surface area (Å²) in [5.41, 5.74) is 11.1. The number of nitrogens with zero attached hydrogens (tertiary/aromatic N) is 3. The summed E-state index contributed by atoms with van der Waals surface area (Å²) < 4.78 is 5.18. The van der Waals surface area contributed by atoms with E-state index >= 15 is 0 Å². The predicted octanol–water partition coefficient (Wildman–Crippen LogP) is 1.84. The van der Waals surface area contributed by atoms with Crippen LogP contribution >= 0.6 is 23.2 Å². The summed E-state index contributed by atoms with van der Waals surface area (Å²) in [5, 5.41) is 3.18. The quantitative estimate of drug-likeness (QED) is 0.608. The molecule has 0 bridgehead atoms. The Morgan fingerprint density at radius 1 is 1.15 bits per heavy atom. The Morgan fingerprint density at radius 2 is 1.78 bits per heavy atom. The second kappa shape index (κ2) is 8.83. The van der Waals surface area contributed by atoms with Crippen LogP contribution in [0.2, 0.25) is 10.0 Å². The number of carbonyl (C=O) groups is 2. The molecule has 1 amide bonds. The smallest absolute Gasteiger partial charge is 0.329 e. The Morgan fingerprint density at radius 3 is 2.33 bits per heavy atom. The van der Waals surface area contributed by atoms with Crippen LogP contribution in [-0.2, 0) is 16.1 Å². The van der Waals surface area contributed by atoms with Crippen molar-refractivity contribution < 1.29 is 14.3 Å². The number of rotatable bonds is 6. The molecule has 0 fully saturated rings. The van der Waals surface area contributed by atoms with Crippen LogP contribution in [0.1, 0.15) is 30.0 Å². The van der Waals surface area contributed by atoms with Crippen molar-refractivity contribution in [3.8, 4) is 0 Å². The predicted molar refractivity (Wildman–Crippen MR) is 101 cm³/mol. The fourth-order valence-corrected chi connectivity index (χ4v) is 2.63. The van der Waals surface area contributed by atoms with Crippen molar-refractivity contribution in [2.75, 3.05) is 11.5 Å². The number of benzene rings is 1. The van der Waals surface area contributed by atoms with E-state index in [1.165, 1.54) is 18.2 Å². The Hall–Kier alpha value is -2.65. The first-order chi connectivity index (χ1) is 12.7. The van der Waals surface area contributed by atoms with Gasteiger partial charge in [-0.3, -0.25) is 4.79 Å². The van der Waals surface area contributed by atoms with Crippen LogP contribution in [0, 0.1) is 5.92 Å². The third kappa shape index (κ3) is 5.66. The Balaban J connectivity index is 2.07. The molecule has 1 aromatic heterocycles. The lowest BCUT2D eigenvalue weighted by Crippen LogP contribution is -2.45. The topological polar surface area (TPSA) is 146 Å². The number of amides is 1. The highest BCUT2D eigenvalue weighted by Gasteiger charge is 2.27. The van der Waals surface area contributed by atoms with Crippen molar-refractivity contribution in [2.24, 2.45) is 5.92 Å². The SMILES string of the molecule is CC(C)[C@H](NC(=O)c1ccc(Cl)cc1Cl)C(=O)OCc1nc(N)nc(N)n1. The van der Waals surface area contributed by atoms with Crippen LogP contribution in [0.5, 0.6) is 0 Å². The lowest BCUT2D eigenvalue weighted by molar-refractivity contribution is -0.148. The molecule has 5 N–H and O–H groups in total. The Labute approximate surface area is 165 Å². The maximum Gasteiger partial charge on any atom is 0.329 e. The number of halogens is 2. The largest absolute Gasteiger partial charge is 0.456 e. The van der Waals surface area contributed by atoms with E-state index in [4.69, 9.17) is 39.4 Å². The minimum atomic E-state index is -0.916. The van der Waals surface area contributed by atoms with Gasteiger partial charge in [0.1, 0.15) is 6.04 Å². The minimum Gasteiger partial charge on any atom is -0.456 e. The number of anilines is 2. The molecule has 1 heterocycles. The normalized spacial score (nSPS) is 11.9. The monoisotopic (exact) mass is 412 g/mol. The molecular weight excluding hydrogens is 395 g/mol. The van der Waals surface area contributed by atoms with E-state index in [2.05, 4.69) is 20.3 Å². The molecule has 1 atom stereocenters. The number of nitrogen functional groups attached to an aromatic ring is 2. The summed E-state index contributed by atoms with van der Waals surface area (Å²) in [5.74, 6) is -1.51. The zero-order valence-corrected chi connectivity index (χ0v) is 16.1. The molecule has 0 saturated carbocycles. The first-order valence-corrected chi connectivity index (χ1v) is 8.61. The van der Waals surface area contributed by atoms with Gasteiger partial charge in [-0.2, -0.15) is 15.0 Å². The van der Waals surface area contributed by atoms with Gasteiger partial charge in [0.05, 0.1) is 10.6 Å². The lowest BCUT2D eigenvalue weighted by Gasteiger charge is -2.21. The standard InChI is InChI=1S/C16H18Cl2N6O3/c1-7(2)12(23-13(25)9-4-3-8(17)5-10(9)18)14(26)27-6-11-21-15(19)24-16(20)22-11/h3-5,7,12H,6H2,1-2H3,(H,23,25)(H4,19,20,21,22,24)/t12-/m0/s1. The van der Waals surface area contributed by atoms with Gasteiger partial charge in [0.25, 0.3) is 5.91 Å². The third-order valence-corrected chi connectivity index (χ3v) is 3.99. The molecule has 144 valence electrons. The number of aromatic nitrogens is 3. The maximum atomic E-state index is 12.4. The fraction of sp³-hybridized carbons (Fsp3) is 0.312. The second-order valence-electron chi connectivity index (χ2n) is 5.90. The first kappa shape index (κ1) is 20.7. The zero-order valence-electron chi connectivity index (χ0n) is 14.6. The molecule has 1 aromatic carbocycles. The van der Waals surface area contributed by atoms with Crippen LogP contribution in [0.4, 0.5) is 11.9 Å². The lowest BCUT2D eigenvalue weighted by atomic mass is 10.0. The second-order valence-corrected chi connectivity index (χ2v) is 6.74. The molecule has 0 aliphatic rings. The van der Waals surface area contributed by atoms with Crippen molar-refractivity contribution in [2.45, 2.75) is 26.5 Å². The molecule has 0 saturated heterocycles. The van der Waals surface area contributed by atoms with Gasteiger partial charge in [-0.15, -0.1) is 0 Å². The van der Waals surface area contributed by atoms with Gasteiger partial charge in [-0.05, 0) is 24.1 Å². The molecule has 2 aromatic rings. The summed E-state index contributed by atoms with van der Waals surface area (Å²) in [6.45, 7) is 3.25. The van der Waals surface area contributed by atoms with E-state index in [9.17, 15) is 9.59 Å². The number of carbonyl (C=O) groups excluding carboxylic acids is 2. The molecule has 0 aliphatic heterocycles. The number of hydrogen-bond donors (Lipinski definition) is 3. The Kier molecular flexibility index (Phi) is 6.75. The minimum absolute atomic E-state index is 0.0837. The molecule has 0 radical (unpaired) electrons. The van der Waals surface area contributed by atoms with Crippen LogP contribution < -0.4 is 16.8 Å². The highest BCUT2D eigenvalue weighted by Crippen LogP contribution is 2.21. The van der Waals surface area contributed by atoms with Gasteiger partial charge < -0.3 is 21.5 Å². The van der Waals surface area contributed by atoms with E-state index in [1.807, 2.05) is 0 Å². The number of hydrogen-bond acceptors (Lipinski definition) is 8. The van der Waals surface area contributed by atoms with Crippen LogP contribution in [-0.4, -0.2) is 32.9 Å². The molecule has 0 unspecified atom stereocenters. The van der Waals surface area contributed by atoms with Crippen LogP contribution in [0.15, 0.2) is 18.2 Å². The third-order valence-electron chi connectivity index (χ3n) is 3.44. The van der Waals surface area contributed by atoms with Gasteiger partial charge in [-0.1, -0.05) is 37.0 Å². The average molecular weight is 413 g/mol. The zero-order chi connectivity index (χ0) is 20.1. The summed E-state index contributed by atoms with van der Waals surface area (Å²) in [7, 11) is 0. The summed E-state index contributed by atoms with van der Waals surface area (Å²) >= 11 is 11.9. The summed E-state index contributed by atoms with van der Waals surface area (Å²) in [4.78, 5) is 36.1. The van der Waals surface area contributed by atoms with E-state index in [-0.39, 0.29) is 40.8 Å². The van der Waals surface area contributed by atoms with Crippen LogP contribution in [0.25, 0.3) is 0 Å². The molecule has 0 spiro atoms. The molecular formula is C16H18Cl2N6O3. The van der Waals surface area contributed by atoms with E-state index < -0.39 is 17.9 Å². The highest BCUT2D eigenvalue weighted by molar-refractivity contribution is 6.36. The van der Waals surface area contributed by atoms with Crippen molar-refractivity contribution in [1.82, 2.24) is 20.3 Å². The van der Waals surface area contributed by atoms with Gasteiger partial charge in [-0.25, -0.2) is 4.79 Å². The van der Waals surface area contributed by atoms with Gasteiger partial charge in [0.15, 0.2) is 12.4 Å². The van der Waals surface area contributed by atoms with Gasteiger partial charge in [0, 0.05) is 5.02 Å². The molecule has 11 heteroatoms. The maximum absolute atomic E-state index is 12.4. The van der Waals surface area contributed by atoms with E-state index in [0.29, 0.717) is 5.02 Å². The van der Waals surface area contributed by atoms with Crippen LogP contribution in [0.3, 0.4) is 0 Å². The van der Waals surface area contributed by atoms with Gasteiger partial charge >= 0.3 is 5.97 Å². The molecule has 27 heavy (non-hydrogen) atoms. The highest BCUT2D eigenvalue weighted by atomic mass is 35.5. The number of ether oxygens (including phenoxy) is 1. The van der Waals surface area contributed by atoms with Crippen molar-refractivity contribution >= 4 is 47.0 Å².